The molecule has 8 heteroatoms. The van der Waals surface area contributed by atoms with E-state index in [9.17, 15) is 9.59 Å². The quantitative estimate of drug-likeness (QED) is 0.779. The van der Waals surface area contributed by atoms with Crippen LogP contribution in [0.4, 0.5) is 0 Å². The number of ether oxygens (including phenoxy) is 2. The van der Waals surface area contributed by atoms with Crippen LogP contribution < -0.4 is 10.5 Å². The average molecular weight is 418 g/mol. The second-order valence-electron chi connectivity index (χ2n) is 7.29. The van der Waals surface area contributed by atoms with Crippen molar-refractivity contribution in [3.05, 3.63) is 58.4 Å². The van der Waals surface area contributed by atoms with Crippen molar-refractivity contribution in [1.29, 1.82) is 0 Å². The lowest BCUT2D eigenvalue weighted by Crippen LogP contribution is -2.58. The molecule has 3 rings (SSSR count). The van der Waals surface area contributed by atoms with E-state index in [1.165, 1.54) is 0 Å². The fourth-order valence-corrected chi connectivity index (χ4v) is 3.40. The lowest BCUT2D eigenvalue weighted by atomic mass is 9.97. The van der Waals surface area contributed by atoms with E-state index in [1.807, 2.05) is 19.9 Å². The zero-order chi connectivity index (χ0) is 21.0. The molecular weight excluding hydrogens is 394 g/mol. The van der Waals surface area contributed by atoms with E-state index in [-0.39, 0.29) is 32.1 Å². The number of amides is 2. The van der Waals surface area contributed by atoms with E-state index in [2.05, 4.69) is 4.98 Å². The normalized spacial score (nSPS) is 19.1. The Kier molecular flexibility index (Phi) is 6.39. The average Bonchev–Trinajstić information content (AvgIpc) is 2.69. The Balaban J connectivity index is 1.77. The van der Waals surface area contributed by atoms with Gasteiger partial charge in [-0.05, 0) is 49.7 Å². The Morgan fingerprint density at radius 3 is 2.76 bits per heavy atom. The van der Waals surface area contributed by atoms with Gasteiger partial charge >= 0.3 is 0 Å². The van der Waals surface area contributed by atoms with Crippen LogP contribution in [-0.2, 0) is 9.53 Å². The van der Waals surface area contributed by atoms with Crippen molar-refractivity contribution in [3.63, 3.8) is 0 Å². The molecule has 29 heavy (non-hydrogen) atoms. The molecule has 2 aromatic rings. The first-order valence-electron chi connectivity index (χ1n) is 9.31. The van der Waals surface area contributed by atoms with Gasteiger partial charge in [0.15, 0.2) is 0 Å². The third kappa shape index (κ3) is 5.25. The van der Waals surface area contributed by atoms with Crippen LogP contribution in [0, 0.1) is 13.8 Å². The van der Waals surface area contributed by atoms with E-state index >= 15 is 0 Å². The first-order valence-corrected chi connectivity index (χ1v) is 9.69. The Morgan fingerprint density at radius 1 is 1.31 bits per heavy atom. The van der Waals surface area contributed by atoms with E-state index < -0.39 is 11.5 Å². The molecule has 1 aliphatic heterocycles. The van der Waals surface area contributed by atoms with Gasteiger partial charge in [-0.15, -0.1) is 0 Å². The lowest BCUT2D eigenvalue weighted by Gasteiger charge is -2.42. The molecule has 0 aliphatic carbocycles. The van der Waals surface area contributed by atoms with Crippen LogP contribution >= 0.6 is 11.6 Å². The standard InChI is InChI=1S/C21H24ClN3O4/c1-14-9-17(5-6-18(14)22)28-13-21(10-19(23)26)12-25(7-8-29-21)20(27)16-4-3-15(2)24-11-16/h3-6,9,11H,7-8,10,12-13H2,1-2H3,(H2,23,26)/t21-/m0/s1. The van der Waals surface area contributed by atoms with Crippen molar-refractivity contribution in [2.75, 3.05) is 26.3 Å². The Morgan fingerprint density at radius 2 is 2.10 bits per heavy atom. The predicted molar refractivity (Wildman–Crippen MR) is 109 cm³/mol. The Bertz CT molecular complexity index is 903. The number of benzene rings is 1. The molecule has 1 saturated heterocycles. The molecule has 2 N–H and O–H groups in total. The number of carbonyl (C=O) groups is 2. The van der Waals surface area contributed by atoms with Crippen molar-refractivity contribution >= 4 is 23.4 Å². The number of pyridine rings is 1. The smallest absolute Gasteiger partial charge is 0.255 e. The predicted octanol–water partition coefficient (Wildman–Crippen LogP) is 2.52. The number of carbonyl (C=O) groups excluding carboxylic acids is 2. The first-order chi connectivity index (χ1) is 13.8. The van der Waals surface area contributed by atoms with Gasteiger partial charge in [-0.1, -0.05) is 11.6 Å². The minimum Gasteiger partial charge on any atom is -0.490 e. The number of primary amides is 1. The maximum absolute atomic E-state index is 12.9. The number of nitrogens with two attached hydrogens (primary N) is 1. The van der Waals surface area contributed by atoms with Gasteiger partial charge in [-0.2, -0.15) is 0 Å². The zero-order valence-corrected chi connectivity index (χ0v) is 17.2. The number of rotatable bonds is 6. The summed E-state index contributed by atoms with van der Waals surface area (Å²) in [7, 11) is 0. The molecule has 154 valence electrons. The van der Waals surface area contributed by atoms with E-state index in [1.54, 1.807) is 35.4 Å². The molecule has 0 unspecified atom stereocenters. The summed E-state index contributed by atoms with van der Waals surface area (Å²) < 4.78 is 11.8. The van der Waals surface area contributed by atoms with Gasteiger partial charge in [0.25, 0.3) is 5.91 Å². The number of aromatic nitrogens is 1. The van der Waals surface area contributed by atoms with Crippen LogP contribution in [0.15, 0.2) is 36.5 Å². The summed E-state index contributed by atoms with van der Waals surface area (Å²) in [6.45, 7) is 4.69. The fraction of sp³-hybridized carbons (Fsp3) is 0.381. The van der Waals surface area contributed by atoms with Crippen molar-refractivity contribution < 1.29 is 19.1 Å². The van der Waals surface area contributed by atoms with Crippen molar-refractivity contribution in [1.82, 2.24) is 9.88 Å². The van der Waals surface area contributed by atoms with Crippen LogP contribution in [0.3, 0.4) is 0 Å². The highest BCUT2D eigenvalue weighted by atomic mass is 35.5. The molecule has 0 saturated carbocycles. The summed E-state index contributed by atoms with van der Waals surface area (Å²) >= 11 is 6.06. The number of halogens is 1. The fourth-order valence-electron chi connectivity index (χ4n) is 3.28. The van der Waals surface area contributed by atoms with Gasteiger partial charge < -0.3 is 20.1 Å². The Hall–Kier alpha value is -2.64. The molecule has 0 spiro atoms. The number of aryl methyl sites for hydroxylation is 2. The second-order valence-corrected chi connectivity index (χ2v) is 7.70. The monoisotopic (exact) mass is 417 g/mol. The highest BCUT2D eigenvalue weighted by molar-refractivity contribution is 6.31. The van der Waals surface area contributed by atoms with Gasteiger partial charge in [0.2, 0.25) is 5.91 Å². The number of hydrogen-bond donors (Lipinski definition) is 1. The molecule has 1 aromatic heterocycles. The molecule has 2 amide bonds. The molecule has 2 heterocycles. The SMILES string of the molecule is Cc1ccc(C(=O)N2CCO[C@@](COc3ccc(Cl)c(C)c3)(CC(N)=O)C2)cn1. The maximum atomic E-state index is 12.9. The van der Waals surface area contributed by atoms with Gasteiger partial charge in [-0.3, -0.25) is 14.6 Å². The summed E-state index contributed by atoms with van der Waals surface area (Å²) in [6, 6.07) is 8.83. The highest BCUT2D eigenvalue weighted by Crippen LogP contribution is 2.27. The number of nitrogens with zero attached hydrogens (tertiary/aromatic N) is 2. The minimum atomic E-state index is -1.02. The molecule has 0 bridgehead atoms. The highest BCUT2D eigenvalue weighted by Gasteiger charge is 2.41. The second kappa shape index (κ2) is 8.80. The van der Waals surface area contributed by atoms with Gasteiger partial charge in [0.1, 0.15) is 18.0 Å². The molecule has 1 aromatic carbocycles. The summed E-state index contributed by atoms with van der Waals surface area (Å²) in [4.78, 5) is 30.5. The van der Waals surface area contributed by atoms with E-state index in [4.69, 9.17) is 26.8 Å². The molecule has 0 radical (unpaired) electrons. The van der Waals surface area contributed by atoms with E-state index in [0.717, 1.165) is 11.3 Å². The Labute approximate surface area is 174 Å². The van der Waals surface area contributed by atoms with Crippen molar-refractivity contribution in [2.45, 2.75) is 25.9 Å². The maximum Gasteiger partial charge on any atom is 0.255 e. The first kappa shape index (κ1) is 21.1. The molecule has 7 nitrogen and oxygen atoms in total. The van der Waals surface area contributed by atoms with Crippen molar-refractivity contribution in [2.24, 2.45) is 5.73 Å². The topological polar surface area (TPSA) is 94.8 Å². The van der Waals surface area contributed by atoms with Crippen LogP contribution in [0.2, 0.25) is 5.02 Å². The van der Waals surface area contributed by atoms with Gasteiger partial charge in [-0.25, -0.2) is 0 Å². The van der Waals surface area contributed by atoms with Gasteiger partial charge in [0.05, 0.1) is 25.1 Å². The van der Waals surface area contributed by atoms with E-state index in [0.29, 0.717) is 22.9 Å². The molecule has 1 fully saturated rings. The van der Waals surface area contributed by atoms with Crippen LogP contribution in [0.1, 0.15) is 28.0 Å². The van der Waals surface area contributed by atoms with Gasteiger partial charge in [0, 0.05) is 23.5 Å². The molecular formula is C21H24ClN3O4. The summed E-state index contributed by atoms with van der Waals surface area (Å²) in [5.41, 5.74) is 6.64. The molecule has 1 atom stereocenters. The summed E-state index contributed by atoms with van der Waals surface area (Å²) in [5.74, 6) is -0.0882. The summed E-state index contributed by atoms with van der Waals surface area (Å²) in [6.07, 6.45) is 1.49. The van der Waals surface area contributed by atoms with Crippen LogP contribution in [0.25, 0.3) is 0 Å². The molecule has 1 aliphatic rings. The van der Waals surface area contributed by atoms with Crippen LogP contribution in [-0.4, -0.2) is 53.6 Å². The number of hydrogen-bond acceptors (Lipinski definition) is 5. The zero-order valence-electron chi connectivity index (χ0n) is 16.5. The minimum absolute atomic E-state index is 0.0600. The lowest BCUT2D eigenvalue weighted by molar-refractivity contribution is -0.142. The summed E-state index contributed by atoms with van der Waals surface area (Å²) in [5, 5.41) is 0.640. The third-order valence-electron chi connectivity index (χ3n) is 4.82. The van der Waals surface area contributed by atoms with Crippen LogP contribution in [0.5, 0.6) is 5.75 Å². The number of morpholine rings is 1. The largest absolute Gasteiger partial charge is 0.490 e. The third-order valence-corrected chi connectivity index (χ3v) is 5.25. The van der Waals surface area contributed by atoms with Crippen molar-refractivity contribution in [3.8, 4) is 5.75 Å².